The number of halogens is 1. The summed E-state index contributed by atoms with van der Waals surface area (Å²) in [5.74, 6) is -1.51. The predicted octanol–water partition coefficient (Wildman–Crippen LogP) is -0.807. The number of rotatable bonds is 2. The fraction of sp³-hybridized carbons (Fsp3) is 0.524. The summed E-state index contributed by atoms with van der Waals surface area (Å²) < 4.78 is 16.5. The highest BCUT2D eigenvalue weighted by Gasteiger charge is 2.82. The van der Waals surface area contributed by atoms with Gasteiger partial charge in [0.25, 0.3) is 5.60 Å². The van der Waals surface area contributed by atoms with Crippen LogP contribution in [0, 0.1) is 48.4 Å². The third kappa shape index (κ3) is 1.79. The summed E-state index contributed by atoms with van der Waals surface area (Å²) in [6.45, 7) is 6.17. The molecule has 0 aromatic carbocycles. The van der Waals surface area contributed by atoms with E-state index in [1.807, 2.05) is 0 Å². The van der Waals surface area contributed by atoms with Gasteiger partial charge in [-0.05, 0) is 24.5 Å². The van der Waals surface area contributed by atoms with Gasteiger partial charge in [-0.2, -0.15) is 0 Å². The highest BCUT2D eigenvalue weighted by Crippen LogP contribution is 2.67. The molecule has 6 nitrogen and oxygen atoms in total. The van der Waals surface area contributed by atoms with E-state index in [4.69, 9.17) is 0 Å². The molecule has 3 saturated carbocycles. The number of ketones is 3. The highest BCUT2D eigenvalue weighted by atomic mass is 19.1. The van der Waals surface area contributed by atoms with E-state index in [0.717, 1.165) is 0 Å². The summed E-state index contributed by atoms with van der Waals surface area (Å²) in [5, 5.41) is 35.9. The summed E-state index contributed by atoms with van der Waals surface area (Å²) in [5.41, 5.74) is -6.71. The summed E-state index contributed by atoms with van der Waals surface area (Å²) in [6.07, 6.45) is -0.997. The Hall–Kier alpha value is -2.52. The van der Waals surface area contributed by atoms with Gasteiger partial charge in [0.1, 0.15) is 0 Å². The number of hydrogen-bond acceptors (Lipinski definition) is 5. The van der Waals surface area contributed by atoms with E-state index in [9.17, 15) is 29.7 Å². The van der Waals surface area contributed by atoms with Gasteiger partial charge in [-0.15, -0.1) is 5.73 Å². The molecule has 0 spiro atoms. The first-order chi connectivity index (χ1) is 13.0. The lowest BCUT2D eigenvalue weighted by molar-refractivity contribution is -0.358. The number of Topliss-reactive ketones (excluding diaryl/α,β-unsaturated/α-hetero) is 3. The van der Waals surface area contributed by atoms with E-state index in [-0.39, 0.29) is 18.4 Å². The van der Waals surface area contributed by atoms with Gasteiger partial charge in [-0.25, -0.2) is 9.50 Å². The van der Waals surface area contributed by atoms with Crippen molar-refractivity contribution < 1.29 is 34.1 Å². The Morgan fingerprint density at radius 1 is 1.25 bits per heavy atom. The fourth-order valence-corrected chi connectivity index (χ4v) is 5.65. The van der Waals surface area contributed by atoms with Gasteiger partial charge < -0.3 is 10.2 Å². The average Bonchev–Trinajstić information content (AvgIpc) is 2.84. The van der Waals surface area contributed by atoms with Crippen molar-refractivity contribution in [2.24, 2.45) is 22.7 Å². The number of fused-ring (bicyclic) bond motifs is 5. The van der Waals surface area contributed by atoms with Crippen molar-refractivity contribution in [2.75, 3.05) is 6.61 Å². The van der Waals surface area contributed by atoms with Crippen LogP contribution in [0.5, 0.6) is 0 Å². The maximum atomic E-state index is 16.5. The summed E-state index contributed by atoms with van der Waals surface area (Å²) in [7, 11) is 0. The Bertz CT molecular complexity index is 965. The van der Waals surface area contributed by atoms with E-state index < -0.39 is 76.5 Å². The molecule has 28 heavy (non-hydrogen) atoms. The lowest BCUT2D eigenvalue weighted by Crippen LogP contribution is -2.68. The third-order valence-corrected chi connectivity index (χ3v) is 7.11. The molecule has 4 aliphatic rings. The molecule has 0 saturated heterocycles. The number of carbonyl (C=O) groups excluding carboxylic acids is 3. The topological polar surface area (TPSA) is 117 Å². The second-order valence-corrected chi connectivity index (χ2v) is 8.18. The zero-order valence-corrected chi connectivity index (χ0v) is 14.9. The van der Waals surface area contributed by atoms with Crippen molar-refractivity contribution in [3.63, 3.8) is 0 Å². The Balaban J connectivity index is 1.88. The van der Waals surface area contributed by atoms with Crippen molar-refractivity contribution in [2.45, 2.75) is 37.0 Å². The number of carbonyl (C=O) groups is 3. The van der Waals surface area contributed by atoms with Crippen molar-refractivity contribution in [1.82, 2.24) is 0 Å². The summed E-state index contributed by atoms with van der Waals surface area (Å²) in [6, 6.07) is 0. The monoisotopic (exact) mass is 383 g/mol. The SMILES string of the molecule is [CH2+][C@]12C#CC([O-])=C=C1CC[C@H]1[C@@H]3CC(=O)[C@]([O])(C(=O)C[O-])[C@@]3([CH2+])CC(=O)[C@@]12F. The molecule has 0 N–H and O–H groups in total. The minimum absolute atomic E-state index is 0.0493. The van der Waals surface area contributed by atoms with Crippen LogP contribution >= 0.6 is 0 Å². The molecule has 0 amide bonds. The van der Waals surface area contributed by atoms with E-state index >= 15 is 4.39 Å². The quantitative estimate of drug-likeness (QED) is 0.268. The molecule has 0 aromatic rings. The van der Waals surface area contributed by atoms with Crippen LogP contribution in [0.2, 0.25) is 0 Å². The Kier molecular flexibility index (Phi) is 3.56. The van der Waals surface area contributed by atoms with Crippen LogP contribution in [-0.4, -0.2) is 35.2 Å². The zero-order valence-electron chi connectivity index (χ0n) is 14.9. The summed E-state index contributed by atoms with van der Waals surface area (Å²) in [4.78, 5) is 37.7. The first-order valence-electron chi connectivity index (χ1n) is 8.95. The third-order valence-electron chi connectivity index (χ3n) is 7.11. The standard InChI is InChI=1S/C21H16FO6/c1-18-6-5-12(24)7-11(18)3-4-13-14-8-15(25)21(28,17(27)10-23)19(14,2)9-16(26)20(13,18)22/h13-14H,1-4,8-10H2/t13-,14-,18-,19-,20-,21-/m0/s1. The predicted molar refractivity (Wildman–Crippen MR) is 86.5 cm³/mol. The first-order valence-corrected chi connectivity index (χ1v) is 8.95. The van der Waals surface area contributed by atoms with E-state index in [1.165, 1.54) is 0 Å². The first kappa shape index (κ1) is 18.8. The van der Waals surface area contributed by atoms with Gasteiger partial charge >= 0.3 is 0 Å². The summed E-state index contributed by atoms with van der Waals surface area (Å²) >= 11 is 0. The normalized spacial score (nSPS) is 46.4. The molecule has 3 fully saturated rings. The lowest BCUT2D eigenvalue weighted by atomic mass is 9.45. The largest absolute Gasteiger partial charge is 0.860 e. The minimum Gasteiger partial charge on any atom is -0.860 e. The van der Waals surface area contributed by atoms with Crippen molar-refractivity contribution in [3.05, 3.63) is 30.9 Å². The lowest BCUT2D eigenvalue weighted by Gasteiger charge is -2.52. The molecule has 0 aliphatic heterocycles. The van der Waals surface area contributed by atoms with Crippen LogP contribution < -0.4 is 10.2 Å². The second-order valence-electron chi connectivity index (χ2n) is 8.18. The van der Waals surface area contributed by atoms with Gasteiger partial charge in [0.15, 0.2) is 22.8 Å². The van der Waals surface area contributed by atoms with Crippen LogP contribution in [0.3, 0.4) is 0 Å². The van der Waals surface area contributed by atoms with Crippen LogP contribution in [-0.2, 0) is 19.5 Å². The van der Waals surface area contributed by atoms with E-state index in [2.05, 4.69) is 31.4 Å². The molecule has 0 aromatic heterocycles. The maximum absolute atomic E-state index is 16.5. The average molecular weight is 383 g/mol. The van der Waals surface area contributed by atoms with Crippen LogP contribution in [0.1, 0.15) is 25.7 Å². The Morgan fingerprint density at radius 2 is 1.93 bits per heavy atom. The van der Waals surface area contributed by atoms with Gasteiger partial charge in [0.05, 0.1) is 20.3 Å². The van der Waals surface area contributed by atoms with Gasteiger partial charge in [-0.3, -0.25) is 14.4 Å². The molecule has 143 valence electrons. The molecule has 4 aliphatic carbocycles. The minimum atomic E-state index is -2.96. The van der Waals surface area contributed by atoms with E-state index in [1.54, 1.807) is 0 Å². The Labute approximate surface area is 161 Å². The van der Waals surface area contributed by atoms with E-state index in [0.29, 0.717) is 0 Å². The second kappa shape index (κ2) is 5.30. The zero-order chi connectivity index (χ0) is 20.7. The maximum Gasteiger partial charge on any atom is 0.262 e. The fourth-order valence-electron chi connectivity index (χ4n) is 5.65. The molecule has 1 radical (unpaired) electrons. The van der Waals surface area contributed by atoms with Crippen LogP contribution in [0.25, 0.3) is 0 Å². The number of hydrogen-bond donors (Lipinski definition) is 0. The highest BCUT2D eigenvalue weighted by molar-refractivity contribution is 6.14. The molecule has 0 unspecified atom stereocenters. The molecule has 0 bridgehead atoms. The molecular formula is C21H16FO6. The smallest absolute Gasteiger partial charge is 0.262 e. The van der Waals surface area contributed by atoms with Crippen LogP contribution in [0.4, 0.5) is 4.39 Å². The van der Waals surface area contributed by atoms with Crippen LogP contribution in [0.15, 0.2) is 17.1 Å². The molecule has 4 rings (SSSR count). The van der Waals surface area contributed by atoms with Crippen molar-refractivity contribution in [1.29, 1.82) is 0 Å². The number of allylic oxidation sites excluding steroid dienone is 1. The van der Waals surface area contributed by atoms with Gasteiger partial charge in [0.2, 0.25) is 11.1 Å². The van der Waals surface area contributed by atoms with Crippen molar-refractivity contribution in [3.8, 4) is 11.8 Å². The van der Waals surface area contributed by atoms with Gasteiger partial charge in [0, 0.05) is 23.8 Å². The molecule has 6 atom stereocenters. The molecular weight excluding hydrogens is 367 g/mol. The Morgan fingerprint density at radius 3 is 2.57 bits per heavy atom. The van der Waals surface area contributed by atoms with Gasteiger partial charge in [-0.1, -0.05) is 12.5 Å². The molecule has 7 heteroatoms. The number of alkyl halides is 1. The molecule has 0 heterocycles. The van der Waals surface area contributed by atoms with Crippen molar-refractivity contribution >= 4 is 17.3 Å².